The first-order valence-corrected chi connectivity index (χ1v) is 0.365. The third-order valence-electron chi connectivity index (χ3n) is 0. The van der Waals surface area contributed by atoms with E-state index in [9.17, 15) is 0 Å². The van der Waals surface area contributed by atoms with E-state index in [4.69, 9.17) is 10.5 Å². The van der Waals surface area contributed by atoms with Crippen LogP contribution in [0.25, 0.3) is 0 Å². The van der Waals surface area contributed by atoms with Crippen LogP contribution in [0.15, 0.2) is 0 Å². The zero-order chi connectivity index (χ0) is 2.71. The molecule has 0 aliphatic carbocycles. The van der Waals surface area contributed by atoms with Gasteiger partial charge < -0.3 is 11.0 Å². The van der Waals surface area contributed by atoms with E-state index >= 15 is 0 Å². The Morgan fingerprint density at radius 3 is 1.00 bits per heavy atom. The van der Waals surface area contributed by atoms with Gasteiger partial charge in [0, 0.05) is 0 Å². The van der Waals surface area contributed by atoms with Gasteiger partial charge in [0.2, 0.25) is 0 Å². The predicted molar refractivity (Wildman–Crippen MR) is 7.72 cm³/mol. The smallest absolute Gasteiger partial charge is 2.00 e. The summed E-state index contributed by atoms with van der Waals surface area (Å²) < 4.78 is 0. The molecule has 49 valence electrons. The van der Waals surface area contributed by atoms with Gasteiger partial charge in [-0.3, -0.25) is 0 Å². The maximum Gasteiger partial charge on any atom is 2.00 e. The molecule has 0 rings (SSSR count). The molecule has 7 heteroatoms. The van der Waals surface area contributed by atoms with Crippen molar-refractivity contribution in [3.63, 3.8) is 0 Å². The van der Waals surface area contributed by atoms with Gasteiger partial charge >= 0.3 is 33.6 Å². The number of rotatable bonds is 0. The summed E-state index contributed by atoms with van der Waals surface area (Å²) in [6.07, 6.45) is 0. The van der Waals surface area contributed by atoms with Gasteiger partial charge in [-0.1, -0.05) is 5.04 Å². The van der Waals surface area contributed by atoms with Gasteiger partial charge in [0.05, 0.1) is 0 Å². The summed E-state index contributed by atoms with van der Waals surface area (Å²) in [5.74, 6) is 0. The molecule has 0 atom stereocenters. The summed E-state index contributed by atoms with van der Waals surface area (Å²) in [5, 5.41) is 15.5. The van der Waals surface area contributed by atoms with Gasteiger partial charge in [0.1, 0.15) is 0 Å². The third-order valence-corrected chi connectivity index (χ3v) is 0. The first kappa shape index (κ1) is 45.8. The molecular weight excluding hydrogens is 194 g/mol. The summed E-state index contributed by atoms with van der Waals surface area (Å²) >= 11 is 0. The van der Waals surface area contributed by atoms with E-state index in [1.165, 1.54) is 0 Å². The Morgan fingerprint density at radius 1 is 1.00 bits per heavy atom. The molecule has 7 heavy (non-hydrogen) atoms. The minimum Gasteiger partial charge on any atom is -2.00 e. The van der Waals surface area contributed by atoms with Crippen molar-refractivity contribution in [3.8, 4) is 0 Å². The fourth-order valence-electron chi connectivity index (χ4n) is 0. The molecule has 5 nitrogen and oxygen atoms in total. The van der Waals surface area contributed by atoms with Gasteiger partial charge in [-0.15, -0.1) is 0 Å². The number of hydrogen-bond donors (Lipinski definition) is 2. The Bertz CT molecular complexity index is 8.04. The zero-order valence-corrected chi connectivity index (χ0v) is 4.98. The zero-order valence-electron chi connectivity index (χ0n) is 2.81. The second-order valence-corrected chi connectivity index (χ2v) is 0.0816. The van der Waals surface area contributed by atoms with Crippen LogP contribution in [0.4, 0.5) is 0 Å². The number of hydrogen-bond acceptors (Lipinski definition) is 3. The fourth-order valence-corrected chi connectivity index (χ4v) is 0. The van der Waals surface area contributed by atoms with Crippen LogP contribution < -0.4 is 0 Å². The normalized spacial score (nSPS) is 2.57. The van der Waals surface area contributed by atoms with Crippen LogP contribution in [0, 0.1) is 0 Å². The monoisotopic (exact) mass is 195 g/mol. The molecule has 0 heterocycles. The van der Waals surface area contributed by atoms with Gasteiger partial charge in [0.15, 0.2) is 0 Å². The average molecular weight is 196 g/mol. The Balaban J connectivity index is -0.00000000333. The van der Waals surface area contributed by atoms with E-state index in [-0.39, 0.29) is 44.5 Å². The van der Waals surface area contributed by atoms with Gasteiger partial charge in [-0.25, -0.2) is 10.5 Å². The molecule has 0 fully saturated rings. The molecule has 0 saturated heterocycles. The average Bonchev–Trinajstić information content (AvgIpc) is 0.918. The second-order valence-electron chi connectivity index (χ2n) is 0.0816. The van der Waals surface area contributed by atoms with E-state index in [0.717, 1.165) is 0 Å². The Labute approximate surface area is 60.5 Å². The summed E-state index contributed by atoms with van der Waals surface area (Å²) in [6.45, 7) is 0. The van der Waals surface area contributed by atoms with Gasteiger partial charge in [0.25, 0.3) is 0 Å². The van der Waals surface area contributed by atoms with E-state index in [1.54, 1.807) is 0 Å². The topological polar surface area (TPSA) is 107 Å². The molecule has 0 amide bonds. The van der Waals surface area contributed by atoms with Crippen molar-refractivity contribution in [1.29, 1.82) is 0 Å². The van der Waals surface area contributed by atoms with Crippen molar-refractivity contribution < 1.29 is 60.1 Å². The molecule has 0 spiro atoms. The maximum absolute atomic E-state index is 6.62. The molecule has 2 N–H and O–H groups in total. The first-order chi connectivity index (χ1) is 1.41. The fraction of sp³-hybridized carbons (Fsp3) is 0. The molecule has 0 unspecified atom stereocenters. The maximum atomic E-state index is 6.62. The first-order valence-electron chi connectivity index (χ1n) is 0.365. The van der Waals surface area contributed by atoms with Crippen molar-refractivity contribution in [2.24, 2.45) is 0 Å². The molecular formula is H2MnNiO5. The molecule has 0 aliphatic heterocycles. The van der Waals surface area contributed by atoms with Crippen LogP contribution in [-0.2, 0) is 49.6 Å². The van der Waals surface area contributed by atoms with Crippen LogP contribution in [0.3, 0.4) is 0 Å². The summed E-state index contributed by atoms with van der Waals surface area (Å²) in [7, 11) is 0. The van der Waals surface area contributed by atoms with Crippen LogP contribution >= 0.6 is 0 Å². The minimum atomic E-state index is 0. The molecule has 0 bridgehead atoms. The van der Waals surface area contributed by atoms with Crippen LogP contribution in [0.2, 0.25) is 0 Å². The van der Waals surface area contributed by atoms with Crippen molar-refractivity contribution in [3.05, 3.63) is 0 Å². The van der Waals surface area contributed by atoms with Crippen LogP contribution in [0.1, 0.15) is 0 Å². The summed E-state index contributed by atoms with van der Waals surface area (Å²) in [5.41, 5.74) is 0. The van der Waals surface area contributed by atoms with E-state index < -0.39 is 0 Å². The van der Waals surface area contributed by atoms with Crippen LogP contribution in [-0.4, -0.2) is 10.5 Å². The Kier molecular flexibility index (Phi) is 459. The van der Waals surface area contributed by atoms with Crippen LogP contribution in [0.5, 0.6) is 0 Å². The third kappa shape index (κ3) is 239. The summed E-state index contributed by atoms with van der Waals surface area (Å²) in [4.78, 5) is 0. The summed E-state index contributed by atoms with van der Waals surface area (Å²) in [6, 6.07) is 0. The Hall–Kier alpha value is 0.813. The minimum absolute atomic E-state index is 0. The van der Waals surface area contributed by atoms with Crippen molar-refractivity contribution in [2.45, 2.75) is 0 Å². The van der Waals surface area contributed by atoms with Crippen molar-refractivity contribution >= 4 is 0 Å². The molecule has 1 radical (unpaired) electrons. The molecule has 0 aliphatic rings. The standard InChI is InChI=1S/Mn.Ni.H2O3.2O/c;;1-3-2;;/h;;1-2H;;/q2*+2;;2*-2. The van der Waals surface area contributed by atoms with Crippen molar-refractivity contribution in [2.75, 3.05) is 0 Å². The van der Waals surface area contributed by atoms with E-state index in [0.29, 0.717) is 0 Å². The largest absolute Gasteiger partial charge is 2.00 e. The van der Waals surface area contributed by atoms with Gasteiger partial charge in [-0.05, 0) is 0 Å². The molecule has 0 saturated carbocycles. The van der Waals surface area contributed by atoms with Crippen molar-refractivity contribution in [1.82, 2.24) is 0 Å². The molecule has 0 aromatic heterocycles. The second kappa shape index (κ2) is 70.0. The quantitative estimate of drug-likeness (QED) is 0.315. The van der Waals surface area contributed by atoms with E-state index in [1.807, 2.05) is 0 Å². The SMILES string of the molecule is OOO.[Mn+2].[Ni+2].[O-2].[O-2]. The predicted octanol–water partition coefficient (Wildman–Crippen LogP) is -0.294. The van der Waals surface area contributed by atoms with E-state index in [2.05, 4.69) is 5.04 Å². The molecule has 0 aromatic carbocycles. The Morgan fingerprint density at radius 2 is 1.00 bits per heavy atom. The van der Waals surface area contributed by atoms with Gasteiger partial charge in [-0.2, -0.15) is 0 Å². The molecule has 0 aromatic rings.